The molecule has 0 atom stereocenters. The third kappa shape index (κ3) is 3.78. The van der Waals surface area contributed by atoms with E-state index in [1.807, 2.05) is 54.6 Å². The summed E-state index contributed by atoms with van der Waals surface area (Å²) >= 11 is 1.14. The number of para-hydroxylation sites is 1. The zero-order valence-electron chi connectivity index (χ0n) is 11.9. The largest absolute Gasteiger partial charge is 0.457 e. The minimum atomic E-state index is -0.256. The lowest BCUT2D eigenvalue weighted by Crippen LogP contribution is -2.19. The van der Waals surface area contributed by atoms with E-state index in [1.54, 1.807) is 12.3 Å². The fraction of sp³-hybridized carbons (Fsp3) is 0. The van der Waals surface area contributed by atoms with E-state index in [1.165, 1.54) is 0 Å². The molecule has 0 radical (unpaired) electrons. The number of carbonyl (C=O) groups is 1. The molecule has 1 aliphatic rings. The molecule has 0 aliphatic carbocycles. The van der Waals surface area contributed by atoms with Crippen LogP contribution in [0.25, 0.3) is 6.08 Å². The Morgan fingerprint density at radius 3 is 2.48 bits per heavy atom. The molecule has 2 aromatic rings. The molecule has 6 heteroatoms. The molecule has 1 heterocycles. The topological polar surface area (TPSA) is 74.5 Å². The Balaban J connectivity index is 1.73. The van der Waals surface area contributed by atoms with Crippen molar-refractivity contribution < 1.29 is 9.53 Å². The number of amides is 1. The van der Waals surface area contributed by atoms with Crippen LogP contribution in [0.5, 0.6) is 11.5 Å². The van der Waals surface area contributed by atoms with E-state index in [0.29, 0.717) is 15.8 Å². The second-order valence-electron chi connectivity index (χ2n) is 4.57. The summed E-state index contributed by atoms with van der Waals surface area (Å²) in [5, 5.41) is 11.3. The van der Waals surface area contributed by atoms with Crippen LogP contribution in [0.4, 0.5) is 0 Å². The molecule has 23 heavy (non-hydrogen) atoms. The zero-order valence-corrected chi connectivity index (χ0v) is 12.7. The van der Waals surface area contributed by atoms with Gasteiger partial charge in [-0.15, -0.1) is 4.99 Å². The number of nitrogens with one attached hydrogen (secondary N) is 1. The average Bonchev–Trinajstić information content (AvgIpc) is 2.90. The van der Waals surface area contributed by atoms with Gasteiger partial charge in [0, 0.05) is 0 Å². The van der Waals surface area contributed by atoms with Crippen LogP contribution < -0.4 is 10.1 Å². The van der Waals surface area contributed by atoms with Gasteiger partial charge in [-0.2, -0.15) is 5.26 Å². The van der Waals surface area contributed by atoms with Gasteiger partial charge in [0.05, 0.1) is 4.91 Å². The van der Waals surface area contributed by atoms with Gasteiger partial charge in [-0.3, -0.25) is 10.1 Å². The summed E-state index contributed by atoms with van der Waals surface area (Å²) < 4.78 is 5.71. The standard InChI is InChI=1S/C17H11N3O2S/c18-11-19-17-20-16(21)15(23-17)10-12-6-8-14(9-7-12)22-13-4-2-1-3-5-13/h1-10H,(H,19,20,21)/b15-10+. The van der Waals surface area contributed by atoms with E-state index < -0.39 is 0 Å². The molecule has 0 unspecified atom stereocenters. The maximum Gasteiger partial charge on any atom is 0.264 e. The molecule has 0 spiro atoms. The van der Waals surface area contributed by atoms with E-state index >= 15 is 0 Å². The van der Waals surface area contributed by atoms with Crippen LogP contribution in [-0.4, -0.2) is 11.1 Å². The normalized spacial score (nSPS) is 17.1. The van der Waals surface area contributed by atoms with Gasteiger partial charge in [-0.05, 0) is 47.7 Å². The highest BCUT2D eigenvalue weighted by atomic mass is 32.2. The summed E-state index contributed by atoms with van der Waals surface area (Å²) in [6.45, 7) is 0. The average molecular weight is 321 g/mol. The Hall–Kier alpha value is -3.04. The molecule has 1 N–H and O–H groups in total. The van der Waals surface area contributed by atoms with E-state index in [2.05, 4.69) is 10.3 Å². The number of ether oxygens (including phenoxy) is 1. The lowest BCUT2D eigenvalue weighted by atomic mass is 10.2. The Labute approximate surface area is 137 Å². The van der Waals surface area contributed by atoms with Crippen molar-refractivity contribution in [3.63, 3.8) is 0 Å². The molecule has 112 valence electrons. The molecule has 5 nitrogen and oxygen atoms in total. The van der Waals surface area contributed by atoms with Crippen molar-refractivity contribution in [3.05, 3.63) is 65.1 Å². The molecular weight excluding hydrogens is 310 g/mol. The predicted molar refractivity (Wildman–Crippen MR) is 89.7 cm³/mol. The van der Waals surface area contributed by atoms with Crippen molar-refractivity contribution >= 4 is 28.9 Å². The Morgan fingerprint density at radius 2 is 1.78 bits per heavy atom. The van der Waals surface area contributed by atoms with E-state index in [4.69, 9.17) is 10.00 Å². The number of aliphatic imine (C=N–C) groups is 1. The summed E-state index contributed by atoms with van der Waals surface area (Å²) in [4.78, 5) is 15.8. The highest BCUT2D eigenvalue weighted by Crippen LogP contribution is 2.27. The number of carbonyl (C=O) groups excluding carboxylic acids is 1. The fourth-order valence-corrected chi connectivity index (χ4v) is 2.71. The van der Waals surface area contributed by atoms with Gasteiger partial charge in [-0.25, -0.2) is 0 Å². The van der Waals surface area contributed by atoms with Gasteiger partial charge in [0.1, 0.15) is 11.5 Å². The van der Waals surface area contributed by atoms with Gasteiger partial charge in [-0.1, -0.05) is 30.3 Å². The molecule has 1 saturated heterocycles. The molecule has 0 bridgehead atoms. The Bertz CT molecular complexity index is 821. The molecule has 1 fully saturated rings. The van der Waals surface area contributed by atoms with E-state index in [9.17, 15) is 4.79 Å². The van der Waals surface area contributed by atoms with Crippen LogP contribution in [0, 0.1) is 11.5 Å². The Kier molecular flexibility index (Phi) is 4.41. The quantitative estimate of drug-likeness (QED) is 0.693. The summed E-state index contributed by atoms with van der Waals surface area (Å²) in [6.07, 6.45) is 3.40. The molecule has 1 aliphatic heterocycles. The number of hydrogen-bond acceptors (Lipinski definition) is 5. The smallest absolute Gasteiger partial charge is 0.264 e. The van der Waals surface area contributed by atoms with Gasteiger partial charge >= 0.3 is 0 Å². The summed E-state index contributed by atoms with van der Waals surface area (Å²) in [7, 11) is 0. The third-order valence-electron chi connectivity index (χ3n) is 2.96. The number of thioether (sulfide) groups is 1. The number of rotatable bonds is 3. The van der Waals surface area contributed by atoms with Crippen molar-refractivity contribution in [2.45, 2.75) is 0 Å². The fourth-order valence-electron chi connectivity index (χ4n) is 1.93. The lowest BCUT2D eigenvalue weighted by Gasteiger charge is -2.05. The SMILES string of the molecule is N#CN=C1NC(=O)/C(=C\c2ccc(Oc3ccccc3)cc2)S1. The number of benzene rings is 2. The van der Waals surface area contributed by atoms with Crippen LogP contribution in [0.15, 0.2) is 64.5 Å². The second kappa shape index (κ2) is 6.81. The first kappa shape index (κ1) is 14.9. The van der Waals surface area contributed by atoms with Crippen molar-refractivity contribution in [3.8, 4) is 17.7 Å². The molecule has 0 saturated carbocycles. The van der Waals surface area contributed by atoms with Crippen molar-refractivity contribution in [2.24, 2.45) is 4.99 Å². The van der Waals surface area contributed by atoms with Crippen LogP contribution in [0.3, 0.4) is 0 Å². The highest BCUT2D eigenvalue weighted by Gasteiger charge is 2.23. The number of hydrogen-bond donors (Lipinski definition) is 1. The number of nitrogens with zero attached hydrogens (tertiary/aromatic N) is 2. The van der Waals surface area contributed by atoms with Crippen LogP contribution >= 0.6 is 11.8 Å². The summed E-state index contributed by atoms with van der Waals surface area (Å²) in [6, 6.07) is 16.9. The van der Waals surface area contributed by atoms with Crippen LogP contribution in [0.1, 0.15) is 5.56 Å². The first-order valence-corrected chi connectivity index (χ1v) is 7.57. The zero-order chi connectivity index (χ0) is 16.1. The maximum atomic E-state index is 11.8. The van der Waals surface area contributed by atoms with Crippen LogP contribution in [0.2, 0.25) is 0 Å². The molecule has 2 aromatic carbocycles. The first-order valence-electron chi connectivity index (χ1n) is 6.75. The molecule has 1 amide bonds. The van der Waals surface area contributed by atoms with E-state index in [0.717, 1.165) is 23.1 Å². The van der Waals surface area contributed by atoms with Crippen molar-refractivity contribution in [1.82, 2.24) is 5.32 Å². The van der Waals surface area contributed by atoms with E-state index in [-0.39, 0.29) is 5.91 Å². The number of amidine groups is 1. The summed E-state index contributed by atoms with van der Waals surface area (Å²) in [5.74, 6) is 1.23. The predicted octanol–water partition coefficient (Wildman–Crippen LogP) is 3.52. The molecular formula is C17H11N3O2S. The minimum Gasteiger partial charge on any atom is -0.457 e. The molecule has 3 rings (SSSR count). The van der Waals surface area contributed by atoms with Gasteiger partial charge in [0.15, 0.2) is 5.17 Å². The lowest BCUT2D eigenvalue weighted by molar-refractivity contribution is -0.115. The van der Waals surface area contributed by atoms with Gasteiger partial charge < -0.3 is 4.74 Å². The molecule has 0 aromatic heterocycles. The van der Waals surface area contributed by atoms with Gasteiger partial charge in [0.25, 0.3) is 5.91 Å². The van der Waals surface area contributed by atoms with Crippen molar-refractivity contribution in [2.75, 3.05) is 0 Å². The maximum absolute atomic E-state index is 11.8. The number of nitriles is 1. The van der Waals surface area contributed by atoms with Crippen molar-refractivity contribution in [1.29, 1.82) is 5.26 Å². The minimum absolute atomic E-state index is 0.256. The van der Waals surface area contributed by atoms with Crippen LogP contribution in [-0.2, 0) is 4.79 Å². The third-order valence-corrected chi connectivity index (χ3v) is 3.87. The highest BCUT2D eigenvalue weighted by molar-refractivity contribution is 8.18. The monoisotopic (exact) mass is 321 g/mol. The van der Waals surface area contributed by atoms with Gasteiger partial charge in [0.2, 0.25) is 6.19 Å². The summed E-state index contributed by atoms with van der Waals surface area (Å²) in [5.41, 5.74) is 0.862. The Morgan fingerprint density at radius 1 is 1.09 bits per heavy atom. The first-order chi connectivity index (χ1) is 11.2. The second-order valence-corrected chi connectivity index (χ2v) is 5.60.